The molecule has 1 atom stereocenters. The highest BCUT2D eigenvalue weighted by Gasteiger charge is 2.27. The Labute approximate surface area is 200 Å². The number of anilines is 1. The van der Waals surface area contributed by atoms with Crippen LogP contribution in [0.15, 0.2) is 46.9 Å². The lowest BCUT2D eigenvalue weighted by Gasteiger charge is -2.33. The van der Waals surface area contributed by atoms with Crippen LogP contribution in [0, 0.1) is 11.8 Å². The quantitative estimate of drug-likeness (QED) is 0.542. The van der Waals surface area contributed by atoms with E-state index in [2.05, 4.69) is 30.2 Å². The van der Waals surface area contributed by atoms with E-state index in [0.717, 1.165) is 24.1 Å². The number of fused-ring (bicyclic) bond motifs is 1. The Morgan fingerprint density at radius 3 is 2.52 bits per heavy atom. The summed E-state index contributed by atoms with van der Waals surface area (Å²) in [6.07, 6.45) is 3.56. The van der Waals surface area contributed by atoms with Crippen molar-refractivity contribution in [3.63, 3.8) is 0 Å². The second kappa shape index (κ2) is 10.9. The summed E-state index contributed by atoms with van der Waals surface area (Å²) in [6, 6.07) is 14.9. The number of piperidine rings is 1. The molecule has 0 amide bonds. The van der Waals surface area contributed by atoms with Crippen molar-refractivity contribution in [3.05, 3.63) is 58.1 Å². The third kappa shape index (κ3) is 6.29. The van der Waals surface area contributed by atoms with Crippen molar-refractivity contribution in [2.24, 2.45) is 11.8 Å². The van der Waals surface area contributed by atoms with Crippen molar-refractivity contribution in [2.75, 3.05) is 25.0 Å². The number of hydrogen-bond donors (Lipinski definition) is 2. The van der Waals surface area contributed by atoms with Gasteiger partial charge < -0.3 is 27.0 Å². The van der Waals surface area contributed by atoms with Crippen LogP contribution in [0.5, 0.6) is 0 Å². The Balaban J connectivity index is 0.00000272. The number of likely N-dealkylation sites (tertiary alicyclic amines) is 1. The van der Waals surface area contributed by atoms with Crippen molar-refractivity contribution in [1.82, 2.24) is 4.98 Å². The van der Waals surface area contributed by atoms with Crippen LogP contribution in [0.4, 0.5) is 6.01 Å². The molecule has 1 aliphatic rings. The van der Waals surface area contributed by atoms with Gasteiger partial charge in [0.15, 0.2) is 5.58 Å². The van der Waals surface area contributed by atoms with Gasteiger partial charge >= 0.3 is 0 Å². The number of aromatic nitrogens is 1. The minimum atomic E-state index is 0. The van der Waals surface area contributed by atoms with Crippen LogP contribution in [-0.2, 0) is 6.42 Å². The van der Waals surface area contributed by atoms with Crippen LogP contribution in [0.3, 0.4) is 0 Å². The highest BCUT2D eigenvalue weighted by Crippen LogP contribution is 2.25. The summed E-state index contributed by atoms with van der Waals surface area (Å²) in [5.41, 5.74) is 3.02. The maximum Gasteiger partial charge on any atom is 0.296 e. The second-order valence-corrected chi connectivity index (χ2v) is 9.65. The molecule has 2 N–H and O–H groups in total. The van der Waals surface area contributed by atoms with E-state index < -0.39 is 0 Å². The fourth-order valence-electron chi connectivity index (χ4n) is 4.35. The van der Waals surface area contributed by atoms with Gasteiger partial charge in [0.05, 0.1) is 35.7 Å². The number of para-hydroxylation sites is 2. The fourth-order valence-corrected chi connectivity index (χ4v) is 4.67. The molecule has 4 nitrogen and oxygen atoms in total. The number of nitrogens with zero attached hydrogens (tertiary/aromatic N) is 1. The van der Waals surface area contributed by atoms with Crippen LogP contribution in [0.1, 0.15) is 32.3 Å². The topological polar surface area (TPSA) is 42.5 Å². The number of rotatable bonds is 7. The third-order valence-electron chi connectivity index (χ3n) is 6.24. The van der Waals surface area contributed by atoms with Gasteiger partial charge in [-0.1, -0.05) is 55.2 Å². The predicted octanol–water partition coefficient (Wildman–Crippen LogP) is 2.11. The van der Waals surface area contributed by atoms with Crippen LogP contribution in [-0.4, -0.2) is 30.7 Å². The molecule has 1 aliphatic heterocycles. The number of nitrogens with one attached hydrogen (secondary N) is 2. The van der Waals surface area contributed by atoms with Crippen molar-refractivity contribution < 1.29 is 21.7 Å². The summed E-state index contributed by atoms with van der Waals surface area (Å²) in [5.74, 6) is 1.22. The Morgan fingerprint density at radius 1 is 1.10 bits per heavy atom. The van der Waals surface area contributed by atoms with Crippen LogP contribution in [0.25, 0.3) is 11.1 Å². The van der Waals surface area contributed by atoms with E-state index in [1.165, 1.54) is 31.5 Å². The summed E-state index contributed by atoms with van der Waals surface area (Å²) in [5, 5.41) is 4.84. The molecule has 168 valence electrons. The first-order valence-electron chi connectivity index (χ1n) is 10.9. The van der Waals surface area contributed by atoms with Crippen LogP contribution >= 0.6 is 23.2 Å². The maximum atomic E-state index is 6.18. The van der Waals surface area contributed by atoms with Crippen molar-refractivity contribution in [2.45, 2.75) is 39.2 Å². The molecule has 1 saturated heterocycles. The number of benzene rings is 2. The van der Waals surface area contributed by atoms with Crippen LogP contribution < -0.4 is 22.6 Å². The lowest BCUT2D eigenvalue weighted by atomic mass is 9.89. The standard InChI is InChI=1S/C24H29Cl2N3O.ClH/c1-16(2)22(28-24-27-21-5-3-4-6-23(21)30-24)15-29-11-9-17(10-12-29)13-18-7-8-19(25)20(26)14-18;/h3-8,14,16-17,22H,9-13,15H2,1-2H3,(H,27,28);1H/t22-;/m0./s1. The molecule has 31 heavy (non-hydrogen) atoms. The molecule has 1 aromatic heterocycles. The molecule has 0 unspecified atom stereocenters. The first-order chi connectivity index (χ1) is 14.5. The lowest BCUT2D eigenvalue weighted by molar-refractivity contribution is -0.907. The average molecular weight is 483 g/mol. The molecule has 0 saturated carbocycles. The normalized spacial score (nSPS) is 19.9. The summed E-state index contributed by atoms with van der Waals surface area (Å²) in [7, 11) is 0. The molecule has 0 bridgehead atoms. The first kappa shape index (κ1) is 24.2. The summed E-state index contributed by atoms with van der Waals surface area (Å²) < 4.78 is 5.89. The molecule has 0 aliphatic carbocycles. The molecule has 4 rings (SSSR count). The SMILES string of the molecule is CC(C)[C@H](C[NH+]1CCC(Cc2ccc(Cl)c(Cl)c2)CC1)Nc1nc2ccccc2o1.[Cl-]. The molecule has 1 fully saturated rings. The largest absolute Gasteiger partial charge is 1.00 e. The molecule has 0 radical (unpaired) electrons. The van der Waals surface area contributed by atoms with Crippen LogP contribution in [0.2, 0.25) is 10.0 Å². The molecule has 2 aromatic carbocycles. The van der Waals surface area contributed by atoms with E-state index in [-0.39, 0.29) is 12.4 Å². The highest BCUT2D eigenvalue weighted by atomic mass is 35.5. The Morgan fingerprint density at radius 2 is 1.84 bits per heavy atom. The Kier molecular flexibility index (Phi) is 8.51. The van der Waals surface area contributed by atoms with Crippen molar-refractivity contribution in [3.8, 4) is 0 Å². The zero-order valence-corrected chi connectivity index (χ0v) is 20.3. The first-order valence-corrected chi connectivity index (χ1v) is 11.6. The molecule has 7 heteroatoms. The van der Waals surface area contributed by atoms with E-state index in [1.807, 2.05) is 36.4 Å². The Bertz CT molecular complexity index is 950. The number of hydrogen-bond acceptors (Lipinski definition) is 3. The monoisotopic (exact) mass is 481 g/mol. The lowest BCUT2D eigenvalue weighted by Crippen LogP contribution is -3.14. The minimum Gasteiger partial charge on any atom is -1.00 e. The maximum absolute atomic E-state index is 6.18. The number of quaternary nitrogens is 1. The van der Waals surface area contributed by atoms with Gasteiger partial charge in [-0.05, 0) is 60.9 Å². The predicted molar refractivity (Wildman–Crippen MR) is 125 cm³/mol. The summed E-state index contributed by atoms with van der Waals surface area (Å²) >= 11 is 12.2. The van der Waals surface area contributed by atoms with E-state index in [9.17, 15) is 0 Å². The van der Waals surface area contributed by atoms with Gasteiger partial charge in [-0.3, -0.25) is 0 Å². The van der Waals surface area contributed by atoms with Gasteiger partial charge in [0.25, 0.3) is 6.01 Å². The van der Waals surface area contributed by atoms with E-state index in [1.54, 1.807) is 4.90 Å². The zero-order chi connectivity index (χ0) is 21.1. The van der Waals surface area contributed by atoms with Gasteiger partial charge in [0.2, 0.25) is 0 Å². The van der Waals surface area contributed by atoms with Gasteiger partial charge in [-0.25, -0.2) is 0 Å². The second-order valence-electron chi connectivity index (χ2n) is 8.83. The smallest absolute Gasteiger partial charge is 0.296 e. The summed E-state index contributed by atoms with van der Waals surface area (Å²) in [6.45, 7) is 8.00. The van der Waals surface area contributed by atoms with Gasteiger partial charge in [0.1, 0.15) is 5.52 Å². The molecule has 2 heterocycles. The summed E-state index contributed by atoms with van der Waals surface area (Å²) in [4.78, 5) is 6.25. The van der Waals surface area contributed by atoms with Gasteiger partial charge in [-0.15, -0.1) is 0 Å². The Hall–Kier alpha value is -1.46. The minimum absolute atomic E-state index is 0. The van der Waals surface area contributed by atoms with Gasteiger partial charge in [-0.2, -0.15) is 4.98 Å². The molecule has 3 aromatic rings. The number of halogens is 3. The van der Waals surface area contributed by atoms with Crippen molar-refractivity contribution in [1.29, 1.82) is 0 Å². The fraction of sp³-hybridized carbons (Fsp3) is 0.458. The zero-order valence-electron chi connectivity index (χ0n) is 18.0. The molecular weight excluding hydrogens is 453 g/mol. The van der Waals surface area contributed by atoms with Crippen molar-refractivity contribution >= 4 is 40.3 Å². The highest BCUT2D eigenvalue weighted by molar-refractivity contribution is 6.42. The molecule has 0 spiro atoms. The van der Waals surface area contributed by atoms with E-state index >= 15 is 0 Å². The number of oxazole rings is 1. The molecular formula is C24H30Cl3N3O. The van der Waals surface area contributed by atoms with E-state index in [0.29, 0.717) is 33.9 Å². The van der Waals surface area contributed by atoms with Gasteiger partial charge in [0, 0.05) is 0 Å². The average Bonchev–Trinajstić information content (AvgIpc) is 3.14. The van der Waals surface area contributed by atoms with E-state index in [4.69, 9.17) is 27.6 Å². The third-order valence-corrected chi connectivity index (χ3v) is 6.98.